The maximum atomic E-state index is 13.9. The van der Waals surface area contributed by atoms with Gasteiger partial charge in [0.1, 0.15) is 0 Å². The molecule has 0 radical (unpaired) electrons. The second-order valence-corrected chi connectivity index (χ2v) is 8.48. The standard InChI is InChI=1S/C27H21N3OS/c1-30(26(19-10-3-2-4-11-19)23-14-7-8-16-28-23)27(31)21-18-24(25-15-9-17-32-25)29-22-13-6-5-12-20(21)22/h2-18,26H,1H3/t26-/m0/s1. The van der Waals surface area contributed by atoms with Gasteiger partial charge in [-0.1, -0.05) is 60.7 Å². The van der Waals surface area contributed by atoms with E-state index in [1.807, 2.05) is 103 Å². The number of carbonyl (C=O) groups is 1. The lowest BCUT2D eigenvalue weighted by atomic mass is 9.99. The summed E-state index contributed by atoms with van der Waals surface area (Å²) in [6.45, 7) is 0. The van der Waals surface area contributed by atoms with Crippen LogP contribution in [0.2, 0.25) is 0 Å². The highest BCUT2D eigenvalue weighted by Crippen LogP contribution is 2.32. The fourth-order valence-corrected chi connectivity index (χ4v) is 4.66. The lowest BCUT2D eigenvalue weighted by Crippen LogP contribution is -2.32. The van der Waals surface area contributed by atoms with Crippen molar-refractivity contribution < 1.29 is 4.79 Å². The number of para-hydroxylation sites is 1. The van der Waals surface area contributed by atoms with E-state index in [1.165, 1.54) is 0 Å². The van der Waals surface area contributed by atoms with Crippen molar-refractivity contribution in [2.24, 2.45) is 0 Å². The Morgan fingerprint density at radius 2 is 1.69 bits per heavy atom. The van der Waals surface area contributed by atoms with E-state index in [0.29, 0.717) is 5.56 Å². The number of carbonyl (C=O) groups excluding carboxylic acids is 1. The molecule has 3 heterocycles. The second-order valence-electron chi connectivity index (χ2n) is 7.53. The van der Waals surface area contributed by atoms with Crippen LogP contribution in [0.3, 0.4) is 0 Å². The molecule has 0 aliphatic carbocycles. The first-order valence-electron chi connectivity index (χ1n) is 10.4. The van der Waals surface area contributed by atoms with Crippen molar-refractivity contribution in [3.63, 3.8) is 0 Å². The van der Waals surface area contributed by atoms with Crippen molar-refractivity contribution in [1.29, 1.82) is 0 Å². The van der Waals surface area contributed by atoms with Crippen LogP contribution in [0.5, 0.6) is 0 Å². The molecule has 0 aliphatic rings. The summed E-state index contributed by atoms with van der Waals surface area (Å²) in [4.78, 5) is 26.1. The Labute approximate surface area is 190 Å². The molecule has 0 N–H and O–H groups in total. The van der Waals surface area contributed by atoms with Gasteiger partial charge in [0.2, 0.25) is 0 Å². The van der Waals surface area contributed by atoms with Gasteiger partial charge in [-0.25, -0.2) is 4.98 Å². The van der Waals surface area contributed by atoms with E-state index in [-0.39, 0.29) is 11.9 Å². The fraction of sp³-hybridized carbons (Fsp3) is 0.0741. The van der Waals surface area contributed by atoms with Crippen LogP contribution >= 0.6 is 11.3 Å². The molecule has 5 heteroatoms. The van der Waals surface area contributed by atoms with Crippen molar-refractivity contribution in [2.45, 2.75) is 6.04 Å². The number of aromatic nitrogens is 2. The molecule has 0 bridgehead atoms. The molecule has 0 saturated carbocycles. The summed E-state index contributed by atoms with van der Waals surface area (Å²) >= 11 is 1.62. The van der Waals surface area contributed by atoms with Gasteiger partial charge < -0.3 is 4.90 Å². The normalized spacial score (nSPS) is 11.9. The Bertz CT molecular complexity index is 1310. The van der Waals surface area contributed by atoms with Crippen LogP contribution in [0.4, 0.5) is 0 Å². The summed E-state index contributed by atoms with van der Waals surface area (Å²) < 4.78 is 0. The van der Waals surface area contributed by atoms with Gasteiger partial charge in [-0.15, -0.1) is 11.3 Å². The zero-order valence-corrected chi connectivity index (χ0v) is 18.4. The number of fused-ring (bicyclic) bond motifs is 1. The third-order valence-corrected chi connectivity index (χ3v) is 6.40. The van der Waals surface area contributed by atoms with Gasteiger partial charge in [-0.2, -0.15) is 0 Å². The predicted octanol–water partition coefficient (Wildman–Crippen LogP) is 6.22. The molecule has 156 valence electrons. The minimum absolute atomic E-state index is 0.0686. The number of hydrogen-bond acceptors (Lipinski definition) is 4. The van der Waals surface area contributed by atoms with Crippen LogP contribution in [0.15, 0.2) is 103 Å². The molecule has 1 atom stereocenters. The van der Waals surface area contributed by atoms with Crippen molar-refractivity contribution in [2.75, 3.05) is 7.05 Å². The highest BCUT2D eigenvalue weighted by atomic mass is 32.1. The Morgan fingerprint density at radius 1 is 0.906 bits per heavy atom. The quantitative estimate of drug-likeness (QED) is 0.329. The van der Waals surface area contributed by atoms with Gasteiger partial charge in [0.05, 0.1) is 33.4 Å². The topological polar surface area (TPSA) is 46.1 Å². The summed E-state index contributed by atoms with van der Waals surface area (Å²) in [5, 5.41) is 2.87. The number of hydrogen-bond donors (Lipinski definition) is 0. The fourth-order valence-electron chi connectivity index (χ4n) is 3.98. The molecule has 2 aromatic carbocycles. The first-order chi connectivity index (χ1) is 15.7. The maximum Gasteiger partial charge on any atom is 0.255 e. The third-order valence-electron chi connectivity index (χ3n) is 5.51. The molecule has 0 saturated heterocycles. The van der Waals surface area contributed by atoms with Gasteiger partial charge in [-0.05, 0) is 41.3 Å². The summed E-state index contributed by atoms with van der Waals surface area (Å²) in [5.41, 5.74) is 4.09. The minimum atomic E-state index is -0.304. The first-order valence-corrected chi connectivity index (χ1v) is 11.3. The lowest BCUT2D eigenvalue weighted by molar-refractivity contribution is 0.0754. The molecule has 0 spiro atoms. The summed E-state index contributed by atoms with van der Waals surface area (Å²) in [6.07, 6.45) is 1.76. The number of thiophene rings is 1. The Kier molecular flexibility index (Phi) is 5.48. The van der Waals surface area contributed by atoms with Gasteiger partial charge in [0.15, 0.2) is 0 Å². The monoisotopic (exact) mass is 435 g/mol. The van der Waals surface area contributed by atoms with Crippen molar-refractivity contribution in [3.05, 3.63) is 119 Å². The zero-order chi connectivity index (χ0) is 21.9. The van der Waals surface area contributed by atoms with Crippen LogP contribution in [0, 0.1) is 0 Å². The minimum Gasteiger partial charge on any atom is -0.329 e. The van der Waals surface area contributed by atoms with E-state index < -0.39 is 0 Å². The molecular weight excluding hydrogens is 414 g/mol. The van der Waals surface area contributed by atoms with Crippen LogP contribution in [-0.2, 0) is 0 Å². The van der Waals surface area contributed by atoms with Gasteiger partial charge >= 0.3 is 0 Å². The van der Waals surface area contributed by atoms with E-state index >= 15 is 0 Å². The average Bonchev–Trinajstić information content (AvgIpc) is 3.39. The van der Waals surface area contributed by atoms with Crippen LogP contribution < -0.4 is 0 Å². The molecule has 0 unspecified atom stereocenters. The highest BCUT2D eigenvalue weighted by molar-refractivity contribution is 7.13. The third kappa shape index (κ3) is 3.79. The SMILES string of the molecule is CN(C(=O)c1cc(-c2cccs2)nc2ccccc12)[C@@H](c1ccccc1)c1ccccn1. The van der Waals surface area contributed by atoms with Gasteiger partial charge in [-0.3, -0.25) is 9.78 Å². The number of rotatable bonds is 5. The number of amides is 1. The molecule has 32 heavy (non-hydrogen) atoms. The summed E-state index contributed by atoms with van der Waals surface area (Å²) in [7, 11) is 1.84. The summed E-state index contributed by atoms with van der Waals surface area (Å²) in [6, 6.07) is 29.3. The largest absolute Gasteiger partial charge is 0.329 e. The number of nitrogens with zero attached hydrogens (tertiary/aromatic N) is 3. The van der Waals surface area contributed by atoms with Crippen molar-refractivity contribution >= 4 is 28.1 Å². The van der Waals surface area contributed by atoms with E-state index in [0.717, 1.165) is 32.7 Å². The number of benzene rings is 2. The van der Waals surface area contributed by atoms with E-state index in [9.17, 15) is 4.79 Å². The molecule has 0 aliphatic heterocycles. The Morgan fingerprint density at radius 3 is 2.44 bits per heavy atom. The molecular formula is C27H21N3OS. The average molecular weight is 436 g/mol. The molecule has 5 rings (SSSR count). The van der Waals surface area contributed by atoms with Crippen LogP contribution in [0.25, 0.3) is 21.5 Å². The van der Waals surface area contributed by atoms with Crippen LogP contribution in [-0.4, -0.2) is 27.8 Å². The second kappa shape index (κ2) is 8.73. The van der Waals surface area contributed by atoms with Gasteiger partial charge in [0, 0.05) is 18.6 Å². The van der Waals surface area contributed by atoms with Gasteiger partial charge in [0.25, 0.3) is 5.91 Å². The first kappa shape index (κ1) is 20.1. The molecule has 4 nitrogen and oxygen atoms in total. The zero-order valence-electron chi connectivity index (χ0n) is 17.6. The molecule has 0 fully saturated rings. The van der Waals surface area contributed by atoms with E-state index in [2.05, 4.69) is 4.98 Å². The molecule has 1 amide bonds. The van der Waals surface area contributed by atoms with E-state index in [4.69, 9.17) is 4.98 Å². The number of pyridine rings is 2. The van der Waals surface area contributed by atoms with Crippen LogP contribution in [0.1, 0.15) is 27.7 Å². The Balaban J connectivity index is 1.64. The van der Waals surface area contributed by atoms with E-state index in [1.54, 1.807) is 22.4 Å². The maximum absolute atomic E-state index is 13.9. The molecule has 3 aromatic heterocycles. The smallest absolute Gasteiger partial charge is 0.255 e. The van der Waals surface area contributed by atoms with Crippen molar-refractivity contribution in [3.8, 4) is 10.6 Å². The predicted molar refractivity (Wildman–Crippen MR) is 130 cm³/mol. The van der Waals surface area contributed by atoms with Crippen molar-refractivity contribution in [1.82, 2.24) is 14.9 Å². The lowest BCUT2D eigenvalue weighted by Gasteiger charge is -2.29. The Hall–Kier alpha value is -3.83. The highest BCUT2D eigenvalue weighted by Gasteiger charge is 2.27. The molecule has 5 aromatic rings. The summed E-state index contributed by atoms with van der Waals surface area (Å²) in [5.74, 6) is -0.0686.